The van der Waals surface area contributed by atoms with Crippen molar-refractivity contribution in [3.63, 3.8) is 0 Å². The number of nitrogens with one attached hydrogen (secondary N) is 1. The zero-order valence-electron chi connectivity index (χ0n) is 12.2. The Bertz CT molecular complexity index is 436. The number of aryl methyl sites for hydroxylation is 1. The molecule has 3 heteroatoms. The third-order valence-electron chi connectivity index (χ3n) is 4.70. The average Bonchev–Trinajstić information content (AvgIpc) is 2.47. The topological polar surface area (TPSA) is 18.5 Å². The Morgan fingerprint density at radius 2 is 2.00 bits per heavy atom. The van der Waals surface area contributed by atoms with E-state index >= 15 is 0 Å². The van der Waals surface area contributed by atoms with Gasteiger partial charge in [-0.15, -0.1) is 0 Å². The highest BCUT2D eigenvalue weighted by atomic mass is 15.3. The van der Waals surface area contributed by atoms with Gasteiger partial charge in [-0.2, -0.15) is 0 Å². The summed E-state index contributed by atoms with van der Waals surface area (Å²) in [6, 6.07) is 7.31. The van der Waals surface area contributed by atoms with Crippen LogP contribution in [0.4, 0.5) is 0 Å². The SMILES string of the molecule is CCN1CCN([C@H]2CNCc3cccc(C)c32)CC1. The summed E-state index contributed by atoms with van der Waals surface area (Å²) in [5.41, 5.74) is 4.54. The van der Waals surface area contributed by atoms with Crippen LogP contribution in [0, 0.1) is 6.92 Å². The van der Waals surface area contributed by atoms with Gasteiger partial charge in [0.1, 0.15) is 0 Å². The smallest absolute Gasteiger partial charge is 0.0479 e. The fourth-order valence-electron chi connectivity index (χ4n) is 3.52. The Hall–Kier alpha value is -0.900. The highest BCUT2D eigenvalue weighted by molar-refractivity contribution is 5.39. The summed E-state index contributed by atoms with van der Waals surface area (Å²) in [6.07, 6.45) is 0. The van der Waals surface area contributed by atoms with Gasteiger partial charge in [0.15, 0.2) is 0 Å². The number of hydrogen-bond donors (Lipinski definition) is 1. The van der Waals surface area contributed by atoms with E-state index < -0.39 is 0 Å². The lowest BCUT2D eigenvalue weighted by Gasteiger charge is -2.42. The molecule has 0 unspecified atom stereocenters. The zero-order chi connectivity index (χ0) is 13.2. The molecule has 2 aliphatic heterocycles. The van der Waals surface area contributed by atoms with Crippen LogP contribution in [0.2, 0.25) is 0 Å². The predicted octanol–water partition coefficient (Wildman–Crippen LogP) is 1.78. The van der Waals surface area contributed by atoms with Gasteiger partial charge in [0.25, 0.3) is 0 Å². The third-order valence-corrected chi connectivity index (χ3v) is 4.70. The van der Waals surface area contributed by atoms with E-state index in [1.54, 1.807) is 5.56 Å². The second-order valence-electron chi connectivity index (χ2n) is 5.76. The van der Waals surface area contributed by atoms with Crippen molar-refractivity contribution in [1.82, 2.24) is 15.1 Å². The first-order chi connectivity index (χ1) is 9.29. The van der Waals surface area contributed by atoms with Gasteiger partial charge in [-0.3, -0.25) is 4.90 Å². The van der Waals surface area contributed by atoms with E-state index in [1.807, 2.05) is 0 Å². The molecule has 1 atom stereocenters. The first kappa shape index (κ1) is 13.1. The van der Waals surface area contributed by atoms with Crippen molar-refractivity contribution in [2.24, 2.45) is 0 Å². The Kier molecular flexibility index (Phi) is 3.87. The van der Waals surface area contributed by atoms with Crippen molar-refractivity contribution in [3.8, 4) is 0 Å². The summed E-state index contributed by atoms with van der Waals surface area (Å²) >= 11 is 0. The molecule has 1 aromatic carbocycles. The quantitative estimate of drug-likeness (QED) is 0.873. The molecular formula is C16H25N3. The molecule has 2 heterocycles. The number of fused-ring (bicyclic) bond motifs is 1. The molecule has 104 valence electrons. The number of nitrogens with zero attached hydrogens (tertiary/aromatic N) is 2. The van der Waals surface area contributed by atoms with E-state index in [0.29, 0.717) is 6.04 Å². The molecule has 0 aliphatic carbocycles. The normalized spacial score (nSPS) is 25.3. The number of piperazine rings is 1. The molecule has 3 nitrogen and oxygen atoms in total. The van der Waals surface area contributed by atoms with E-state index in [-0.39, 0.29) is 0 Å². The minimum absolute atomic E-state index is 0.573. The Morgan fingerprint density at radius 3 is 2.74 bits per heavy atom. The van der Waals surface area contributed by atoms with Crippen LogP contribution in [-0.2, 0) is 6.54 Å². The lowest BCUT2D eigenvalue weighted by Crippen LogP contribution is -2.50. The second kappa shape index (κ2) is 5.61. The minimum Gasteiger partial charge on any atom is -0.311 e. The van der Waals surface area contributed by atoms with E-state index in [9.17, 15) is 0 Å². The van der Waals surface area contributed by atoms with Crippen molar-refractivity contribution in [1.29, 1.82) is 0 Å². The van der Waals surface area contributed by atoms with Crippen LogP contribution >= 0.6 is 0 Å². The van der Waals surface area contributed by atoms with E-state index in [1.165, 1.54) is 43.9 Å². The molecule has 3 rings (SSSR count). The maximum Gasteiger partial charge on any atom is 0.0479 e. The summed E-state index contributed by atoms with van der Waals surface area (Å²) in [4.78, 5) is 5.22. The molecule has 1 saturated heterocycles. The lowest BCUT2D eigenvalue weighted by molar-refractivity contribution is 0.0946. The first-order valence-corrected chi connectivity index (χ1v) is 7.55. The maximum atomic E-state index is 3.59. The van der Waals surface area contributed by atoms with Gasteiger partial charge < -0.3 is 10.2 Å². The molecular weight excluding hydrogens is 234 g/mol. The van der Waals surface area contributed by atoms with Gasteiger partial charge in [0.2, 0.25) is 0 Å². The van der Waals surface area contributed by atoms with Crippen molar-refractivity contribution < 1.29 is 0 Å². The minimum atomic E-state index is 0.573. The van der Waals surface area contributed by atoms with E-state index in [0.717, 1.165) is 13.1 Å². The lowest BCUT2D eigenvalue weighted by atomic mass is 9.91. The summed E-state index contributed by atoms with van der Waals surface area (Å²) in [6.45, 7) is 12.7. The zero-order valence-corrected chi connectivity index (χ0v) is 12.2. The molecule has 0 saturated carbocycles. The number of hydrogen-bond acceptors (Lipinski definition) is 3. The van der Waals surface area contributed by atoms with Gasteiger partial charge >= 0.3 is 0 Å². The Balaban J connectivity index is 1.80. The van der Waals surface area contributed by atoms with Gasteiger partial charge in [0.05, 0.1) is 0 Å². The van der Waals surface area contributed by atoms with Crippen LogP contribution in [-0.4, -0.2) is 49.1 Å². The molecule has 1 aromatic rings. The molecule has 0 amide bonds. The van der Waals surface area contributed by atoms with Crippen LogP contribution in [0.25, 0.3) is 0 Å². The van der Waals surface area contributed by atoms with Gasteiger partial charge in [-0.05, 0) is 30.2 Å². The fraction of sp³-hybridized carbons (Fsp3) is 0.625. The van der Waals surface area contributed by atoms with Gasteiger partial charge in [0, 0.05) is 45.3 Å². The molecule has 0 aromatic heterocycles. The molecule has 0 radical (unpaired) electrons. The largest absolute Gasteiger partial charge is 0.311 e. The maximum absolute atomic E-state index is 3.59. The molecule has 19 heavy (non-hydrogen) atoms. The monoisotopic (exact) mass is 259 g/mol. The van der Waals surface area contributed by atoms with Crippen LogP contribution in [0.1, 0.15) is 29.7 Å². The van der Waals surface area contributed by atoms with Crippen LogP contribution < -0.4 is 5.32 Å². The second-order valence-corrected chi connectivity index (χ2v) is 5.76. The van der Waals surface area contributed by atoms with Crippen molar-refractivity contribution in [2.45, 2.75) is 26.4 Å². The van der Waals surface area contributed by atoms with Crippen LogP contribution in [0.15, 0.2) is 18.2 Å². The molecule has 0 bridgehead atoms. The number of likely N-dealkylation sites (N-methyl/N-ethyl adjacent to an activating group) is 1. The fourth-order valence-corrected chi connectivity index (χ4v) is 3.52. The first-order valence-electron chi connectivity index (χ1n) is 7.55. The highest BCUT2D eigenvalue weighted by Crippen LogP contribution is 2.30. The predicted molar refractivity (Wildman–Crippen MR) is 79.3 cm³/mol. The Labute approximate surface area is 116 Å². The molecule has 1 fully saturated rings. The number of benzene rings is 1. The summed E-state index contributed by atoms with van der Waals surface area (Å²) < 4.78 is 0. The van der Waals surface area contributed by atoms with Crippen molar-refractivity contribution in [2.75, 3.05) is 39.3 Å². The van der Waals surface area contributed by atoms with Gasteiger partial charge in [-0.25, -0.2) is 0 Å². The third kappa shape index (κ3) is 2.55. The van der Waals surface area contributed by atoms with Crippen molar-refractivity contribution in [3.05, 3.63) is 34.9 Å². The van der Waals surface area contributed by atoms with Gasteiger partial charge in [-0.1, -0.05) is 25.1 Å². The molecule has 0 spiro atoms. The Morgan fingerprint density at radius 1 is 1.21 bits per heavy atom. The summed E-state index contributed by atoms with van der Waals surface area (Å²) in [5, 5.41) is 3.59. The highest BCUT2D eigenvalue weighted by Gasteiger charge is 2.29. The summed E-state index contributed by atoms with van der Waals surface area (Å²) in [7, 11) is 0. The van der Waals surface area contributed by atoms with E-state index in [4.69, 9.17) is 0 Å². The van der Waals surface area contributed by atoms with Crippen LogP contribution in [0.5, 0.6) is 0 Å². The van der Waals surface area contributed by atoms with Crippen molar-refractivity contribution >= 4 is 0 Å². The summed E-state index contributed by atoms with van der Waals surface area (Å²) in [5.74, 6) is 0. The van der Waals surface area contributed by atoms with E-state index in [2.05, 4.69) is 47.2 Å². The number of rotatable bonds is 2. The standard InChI is InChI=1S/C16H25N3/c1-3-18-7-9-19(10-8-18)15-12-17-11-14-6-4-5-13(2)16(14)15/h4-6,15,17H,3,7-12H2,1-2H3/t15-/m0/s1. The molecule has 1 N–H and O–H groups in total. The average molecular weight is 259 g/mol. The molecule has 2 aliphatic rings. The van der Waals surface area contributed by atoms with Crippen LogP contribution in [0.3, 0.4) is 0 Å².